The Morgan fingerprint density at radius 1 is 0.750 bits per heavy atom. The highest BCUT2D eigenvalue weighted by Crippen LogP contribution is 2.12. The van der Waals surface area contributed by atoms with Gasteiger partial charge in [-0.1, -0.05) is 77.6 Å². The summed E-state index contributed by atoms with van der Waals surface area (Å²) in [6.07, 6.45) is 15.1. The zero-order valence-corrected chi connectivity index (χ0v) is 13.9. The molecule has 0 rings (SSSR count). The third-order valence-electron chi connectivity index (χ3n) is 3.46. The van der Waals surface area contributed by atoms with Crippen LogP contribution in [0.5, 0.6) is 0 Å². The lowest BCUT2D eigenvalue weighted by atomic mass is 10.1. The number of rotatable bonds is 15. The van der Waals surface area contributed by atoms with Gasteiger partial charge in [0.15, 0.2) is 0 Å². The monoisotopic (exact) mass is 307 g/mol. The highest BCUT2D eigenvalue weighted by molar-refractivity contribution is 7.86. The van der Waals surface area contributed by atoms with Gasteiger partial charge in [0.25, 0.3) is 10.1 Å². The molecule has 4 nitrogen and oxygen atoms in total. The third kappa shape index (κ3) is 14.3. The molecule has 0 fully saturated rings. The molecule has 0 spiro atoms. The maximum absolute atomic E-state index is 11.0. The fourth-order valence-electron chi connectivity index (χ4n) is 2.18. The van der Waals surface area contributed by atoms with E-state index in [4.69, 9.17) is 9.92 Å². The molecule has 2 N–H and O–H groups in total. The van der Waals surface area contributed by atoms with Crippen molar-refractivity contribution in [2.45, 2.75) is 84.0 Å². The normalized spacial score (nSPS) is 11.9. The molecule has 20 heavy (non-hydrogen) atoms. The van der Waals surface area contributed by atoms with Crippen molar-refractivity contribution in [2.75, 3.05) is 12.5 Å². The van der Waals surface area contributed by atoms with Gasteiger partial charge in [-0.15, -0.1) is 0 Å². The van der Waals surface area contributed by atoms with Crippen molar-refractivity contribution in [3.63, 3.8) is 0 Å². The van der Waals surface area contributed by atoms with Crippen LogP contribution in [0.15, 0.2) is 0 Å². The summed E-state index contributed by atoms with van der Waals surface area (Å²) in [5.41, 5.74) is 5.04. The van der Waals surface area contributed by atoms with Gasteiger partial charge in [0.05, 0.1) is 6.61 Å². The van der Waals surface area contributed by atoms with Crippen LogP contribution in [0, 0.1) is 0 Å². The maximum atomic E-state index is 11.0. The minimum Gasteiger partial charge on any atom is -0.316 e. The van der Waals surface area contributed by atoms with Gasteiger partial charge in [-0.05, 0) is 6.42 Å². The Hall–Kier alpha value is -0.130. The Morgan fingerprint density at radius 2 is 1.15 bits per heavy atom. The average molecular weight is 308 g/mol. The molecule has 0 atom stereocenters. The van der Waals surface area contributed by atoms with Crippen molar-refractivity contribution in [1.29, 1.82) is 0 Å². The summed E-state index contributed by atoms with van der Waals surface area (Å²) in [5, 5.41) is 0. The van der Waals surface area contributed by atoms with Crippen molar-refractivity contribution in [3.8, 4) is 0 Å². The molecule has 0 unspecified atom stereocenters. The van der Waals surface area contributed by atoms with Crippen LogP contribution in [0.3, 0.4) is 0 Å². The predicted molar refractivity (Wildman–Crippen MR) is 85.0 cm³/mol. The summed E-state index contributed by atoms with van der Waals surface area (Å²) in [5.74, 6) is -0.425. The first-order valence-corrected chi connectivity index (χ1v) is 9.77. The van der Waals surface area contributed by atoms with Crippen molar-refractivity contribution in [1.82, 2.24) is 0 Å². The zero-order chi connectivity index (χ0) is 15.1. The summed E-state index contributed by atoms with van der Waals surface area (Å²) in [4.78, 5) is 0. The second kappa shape index (κ2) is 13.8. The van der Waals surface area contributed by atoms with E-state index in [2.05, 4.69) is 6.92 Å². The van der Waals surface area contributed by atoms with Crippen molar-refractivity contribution in [2.24, 2.45) is 5.73 Å². The summed E-state index contributed by atoms with van der Waals surface area (Å²) in [7, 11) is -3.46. The molecule has 0 aliphatic rings. The van der Waals surface area contributed by atoms with Crippen LogP contribution in [0.25, 0.3) is 0 Å². The van der Waals surface area contributed by atoms with Crippen molar-refractivity contribution in [3.05, 3.63) is 0 Å². The van der Waals surface area contributed by atoms with E-state index in [0.717, 1.165) is 12.8 Å². The summed E-state index contributed by atoms with van der Waals surface area (Å²) in [6.45, 7) is 2.52. The Labute approximate surface area is 125 Å². The van der Waals surface area contributed by atoms with Crippen LogP contribution in [-0.2, 0) is 14.3 Å². The molecule has 0 aromatic carbocycles. The van der Waals surface area contributed by atoms with Gasteiger partial charge < -0.3 is 5.73 Å². The highest BCUT2D eigenvalue weighted by Gasteiger charge is 2.06. The molecule has 0 saturated heterocycles. The van der Waals surface area contributed by atoms with Gasteiger partial charge in [-0.25, -0.2) is 0 Å². The van der Waals surface area contributed by atoms with Crippen LogP contribution in [0.2, 0.25) is 0 Å². The Bertz CT molecular complexity index is 291. The second-order valence-corrected chi connectivity index (χ2v) is 7.12. The van der Waals surface area contributed by atoms with E-state index in [1.807, 2.05) is 0 Å². The highest BCUT2D eigenvalue weighted by atomic mass is 32.2. The molecule has 0 saturated carbocycles. The van der Waals surface area contributed by atoms with Gasteiger partial charge in [0.1, 0.15) is 5.88 Å². The van der Waals surface area contributed by atoms with Crippen LogP contribution >= 0.6 is 0 Å². The van der Waals surface area contributed by atoms with Gasteiger partial charge in [-0.3, -0.25) is 4.18 Å². The molecule has 0 amide bonds. The van der Waals surface area contributed by atoms with Crippen LogP contribution < -0.4 is 5.73 Å². The average Bonchev–Trinajstić information content (AvgIpc) is 2.44. The van der Waals surface area contributed by atoms with E-state index in [1.165, 1.54) is 64.2 Å². The van der Waals surface area contributed by atoms with Crippen molar-refractivity contribution < 1.29 is 12.6 Å². The quantitative estimate of drug-likeness (QED) is 0.367. The Kier molecular flexibility index (Phi) is 13.7. The first-order valence-electron chi connectivity index (χ1n) is 8.19. The number of nitrogens with two attached hydrogens (primary N) is 1. The summed E-state index contributed by atoms with van der Waals surface area (Å²) >= 11 is 0. The first kappa shape index (κ1) is 19.9. The predicted octanol–water partition coefficient (Wildman–Crippen LogP) is 3.95. The van der Waals surface area contributed by atoms with E-state index < -0.39 is 16.0 Å². The third-order valence-corrected chi connectivity index (χ3v) is 4.40. The van der Waals surface area contributed by atoms with Gasteiger partial charge in [-0.2, -0.15) is 8.42 Å². The Balaban J connectivity index is 3.10. The minimum absolute atomic E-state index is 0.275. The largest absolute Gasteiger partial charge is 0.316 e. The van der Waals surface area contributed by atoms with Gasteiger partial charge in [0.2, 0.25) is 0 Å². The molecule has 0 aliphatic heterocycles. The molecule has 0 aromatic rings. The van der Waals surface area contributed by atoms with Crippen molar-refractivity contribution >= 4 is 10.1 Å². The number of hydrogen-bond acceptors (Lipinski definition) is 4. The molecular formula is C15H33NO3S. The lowest BCUT2D eigenvalue weighted by Gasteiger charge is -2.04. The molecule has 0 bridgehead atoms. The molecule has 0 heterocycles. The fraction of sp³-hybridized carbons (Fsp3) is 1.00. The smallest absolute Gasteiger partial charge is 0.280 e. The fourth-order valence-corrected chi connectivity index (χ4v) is 2.65. The van der Waals surface area contributed by atoms with Crippen LogP contribution in [0.1, 0.15) is 84.0 Å². The van der Waals surface area contributed by atoms with Gasteiger partial charge >= 0.3 is 0 Å². The lowest BCUT2D eigenvalue weighted by molar-refractivity contribution is 0.306. The van der Waals surface area contributed by atoms with E-state index in [1.54, 1.807) is 0 Å². The molecule has 0 aliphatic carbocycles. The van der Waals surface area contributed by atoms with Crippen LogP contribution in [0.4, 0.5) is 0 Å². The number of hydrogen-bond donors (Lipinski definition) is 1. The molecule has 5 heteroatoms. The summed E-state index contributed by atoms with van der Waals surface area (Å²) < 4.78 is 26.6. The minimum atomic E-state index is -3.46. The standard InChI is InChI=1S/C15H33NO3S/c1-2-3-4-5-6-7-8-9-10-11-12-13-14-19-20(17,18)15-16/h2-16H2,1H3. The second-order valence-electron chi connectivity index (χ2n) is 5.44. The summed E-state index contributed by atoms with van der Waals surface area (Å²) in [6, 6.07) is 0. The maximum Gasteiger partial charge on any atom is 0.280 e. The van der Waals surface area contributed by atoms with E-state index in [-0.39, 0.29) is 6.61 Å². The van der Waals surface area contributed by atoms with Gasteiger partial charge in [0, 0.05) is 0 Å². The first-order chi connectivity index (χ1) is 9.62. The SMILES string of the molecule is CCCCCCCCCCCCCCOS(=O)(=O)CN. The number of unbranched alkanes of at least 4 members (excludes halogenated alkanes) is 11. The topological polar surface area (TPSA) is 69.4 Å². The van der Waals surface area contributed by atoms with E-state index in [0.29, 0.717) is 0 Å². The molecular weight excluding hydrogens is 274 g/mol. The molecule has 0 aromatic heterocycles. The van der Waals surface area contributed by atoms with Crippen LogP contribution in [-0.4, -0.2) is 20.9 Å². The van der Waals surface area contributed by atoms with E-state index >= 15 is 0 Å². The molecule has 0 radical (unpaired) electrons. The van der Waals surface area contributed by atoms with E-state index in [9.17, 15) is 8.42 Å². The Morgan fingerprint density at radius 3 is 1.55 bits per heavy atom. The lowest BCUT2D eigenvalue weighted by Crippen LogP contribution is -2.17. The molecule has 122 valence electrons. The zero-order valence-electron chi connectivity index (χ0n) is 13.1.